The van der Waals surface area contributed by atoms with Crippen LogP contribution in [0.25, 0.3) is 5.32 Å². The van der Waals surface area contributed by atoms with E-state index in [1.807, 2.05) is 45.0 Å². The molecule has 31 heavy (non-hydrogen) atoms. The molecule has 1 amide bonds. The van der Waals surface area contributed by atoms with Crippen LogP contribution in [0.5, 0.6) is 11.5 Å². The summed E-state index contributed by atoms with van der Waals surface area (Å²) in [4.78, 5) is 26.2. The van der Waals surface area contributed by atoms with E-state index in [-0.39, 0.29) is 18.6 Å². The lowest BCUT2D eigenvalue weighted by molar-refractivity contribution is -0.168. The van der Waals surface area contributed by atoms with Gasteiger partial charge in [-0.25, -0.2) is 4.79 Å². The highest BCUT2D eigenvalue weighted by atomic mass is 16.7. The molecule has 0 bridgehead atoms. The molecule has 0 N–H and O–H groups in total. The summed E-state index contributed by atoms with van der Waals surface area (Å²) in [6, 6.07) is 6.80. The number of benzene rings is 1. The first-order valence-corrected chi connectivity index (χ1v) is 10.6. The van der Waals surface area contributed by atoms with Gasteiger partial charge in [-0.3, -0.25) is 4.79 Å². The largest absolute Gasteiger partial charge is 0.653 e. The molecule has 1 aliphatic rings. The van der Waals surface area contributed by atoms with Crippen LogP contribution in [0.3, 0.4) is 0 Å². The maximum atomic E-state index is 12.5. The van der Waals surface area contributed by atoms with Crippen molar-refractivity contribution in [2.75, 3.05) is 40.0 Å². The number of carbonyl (C=O) groups excluding carboxylic acids is 2. The summed E-state index contributed by atoms with van der Waals surface area (Å²) in [6.07, 6.45) is -1.91. The predicted octanol–water partition coefficient (Wildman–Crippen LogP) is 3.22. The standard InChI is InChI=1S/C22H33N2O7/c1-6-27-18-9-7-8-10-19(18)29-14-17-13-24(11-12-28-17)22(26)31-16(4)30-21(25)20(23-5)15(2)3/h7-10,15-17,20H,6,11-14H2,1-5H3/q-1. The van der Waals surface area contributed by atoms with Gasteiger partial charge in [-0.2, -0.15) is 7.05 Å². The van der Waals surface area contributed by atoms with Crippen LogP contribution < -0.4 is 9.47 Å². The summed E-state index contributed by atoms with van der Waals surface area (Å²) in [7, 11) is 1.56. The summed E-state index contributed by atoms with van der Waals surface area (Å²) in [5, 5.41) is 4.02. The lowest BCUT2D eigenvalue weighted by Crippen LogP contribution is -2.48. The smallest absolute Gasteiger partial charge is 0.413 e. The van der Waals surface area contributed by atoms with Crippen LogP contribution in [0.4, 0.5) is 4.79 Å². The van der Waals surface area contributed by atoms with Crippen molar-refractivity contribution in [1.29, 1.82) is 0 Å². The molecule has 0 saturated carbocycles. The maximum Gasteiger partial charge on any atom is 0.413 e. The van der Waals surface area contributed by atoms with Gasteiger partial charge < -0.3 is 33.9 Å². The van der Waals surface area contributed by atoms with Crippen molar-refractivity contribution in [2.24, 2.45) is 5.92 Å². The molecule has 0 spiro atoms. The van der Waals surface area contributed by atoms with E-state index in [0.29, 0.717) is 37.8 Å². The third-order valence-electron chi connectivity index (χ3n) is 4.67. The summed E-state index contributed by atoms with van der Waals surface area (Å²) >= 11 is 0. The molecule has 9 heteroatoms. The minimum absolute atomic E-state index is 0.00624. The molecule has 2 rings (SSSR count). The second kappa shape index (κ2) is 12.4. The highest BCUT2D eigenvalue weighted by Gasteiger charge is 2.28. The molecule has 1 saturated heterocycles. The number of nitrogens with zero attached hydrogens (tertiary/aromatic N) is 2. The highest BCUT2D eigenvalue weighted by Crippen LogP contribution is 2.26. The third-order valence-corrected chi connectivity index (χ3v) is 4.67. The number of morpholine rings is 1. The van der Waals surface area contributed by atoms with Gasteiger partial charge in [0.2, 0.25) is 6.29 Å². The van der Waals surface area contributed by atoms with Crippen molar-refractivity contribution in [3.63, 3.8) is 0 Å². The monoisotopic (exact) mass is 437 g/mol. The van der Waals surface area contributed by atoms with E-state index in [1.54, 1.807) is 7.05 Å². The molecule has 174 valence electrons. The maximum absolute atomic E-state index is 12.5. The minimum atomic E-state index is -1.02. The fourth-order valence-corrected chi connectivity index (χ4v) is 3.16. The molecular formula is C22H33N2O7-. The third kappa shape index (κ3) is 7.59. The first-order chi connectivity index (χ1) is 14.8. The number of esters is 1. The first-order valence-electron chi connectivity index (χ1n) is 10.6. The van der Waals surface area contributed by atoms with E-state index < -0.39 is 24.4 Å². The van der Waals surface area contributed by atoms with Gasteiger partial charge in [-0.15, -0.1) is 0 Å². The Morgan fingerprint density at radius 2 is 1.84 bits per heavy atom. The SMILES string of the molecule is CCOc1ccccc1OCC1CN(C(=O)OC(C)OC(=O)C([N-]C)C(C)C)CCO1. The fourth-order valence-electron chi connectivity index (χ4n) is 3.16. The molecule has 1 heterocycles. The van der Waals surface area contributed by atoms with Gasteiger partial charge in [0, 0.05) is 13.5 Å². The van der Waals surface area contributed by atoms with Crippen molar-refractivity contribution in [3.8, 4) is 11.5 Å². The van der Waals surface area contributed by atoms with Crippen LogP contribution in [-0.2, 0) is 19.0 Å². The van der Waals surface area contributed by atoms with E-state index in [2.05, 4.69) is 5.32 Å². The zero-order valence-electron chi connectivity index (χ0n) is 18.9. The number of rotatable bonds is 10. The normalized spacial score (nSPS) is 18.3. The van der Waals surface area contributed by atoms with Crippen LogP contribution in [0.15, 0.2) is 24.3 Å². The van der Waals surface area contributed by atoms with E-state index in [9.17, 15) is 9.59 Å². The number of amides is 1. The van der Waals surface area contributed by atoms with Crippen molar-refractivity contribution in [1.82, 2.24) is 4.90 Å². The van der Waals surface area contributed by atoms with Gasteiger partial charge in [-0.05, 0) is 25.1 Å². The Kier molecular flexibility index (Phi) is 9.87. The van der Waals surface area contributed by atoms with Gasteiger partial charge in [0.15, 0.2) is 11.5 Å². The average Bonchev–Trinajstić information content (AvgIpc) is 2.73. The van der Waals surface area contributed by atoms with Crippen LogP contribution in [-0.4, -0.2) is 75.4 Å². The molecule has 1 fully saturated rings. The number of hydrogen-bond donors (Lipinski definition) is 0. The van der Waals surface area contributed by atoms with Gasteiger partial charge >= 0.3 is 6.09 Å². The minimum Gasteiger partial charge on any atom is -0.653 e. The lowest BCUT2D eigenvalue weighted by atomic mass is 10.1. The number of hydrogen-bond acceptors (Lipinski definition) is 7. The Hall–Kier alpha value is -2.52. The fraction of sp³-hybridized carbons (Fsp3) is 0.636. The lowest BCUT2D eigenvalue weighted by Gasteiger charge is -2.33. The first kappa shape index (κ1) is 24.7. The zero-order valence-corrected chi connectivity index (χ0v) is 18.9. The molecular weight excluding hydrogens is 404 g/mol. The van der Waals surface area contributed by atoms with Crippen molar-refractivity contribution in [2.45, 2.75) is 46.1 Å². The molecule has 1 aliphatic heterocycles. The number of likely N-dealkylation sites (N-methyl/N-ethyl adjacent to an activating group) is 1. The molecule has 0 radical (unpaired) electrons. The Morgan fingerprint density at radius 1 is 1.16 bits per heavy atom. The molecule has 0 aromatic heterocycles. The second-order valence-electron chi connectivity index (χ2n) is 7.46. The quantitative estimate of drug-likeness (QED) is 0.409. The number of carbonyl (C=O) groups is 2. The molecule has 1 aromatic rings. The molecule has 0 aliphatic carbocycles. The summed E-state index contributed by atoms with van der Waals surface area (Å²) in [5.74, 6) is 0.757. The van der Waals surface area contributed by atoms with E-state index in [1.165, 1.54) is 11.8 Å². The van der Waals surface area contributed by atoms with E-state index >= 15 is 0 Å². The molecule has 3 unspecified atom stereocenters. The Balaban J connectivity index is 1.83. The van der Waals surface area contributed by atoms with Crippen molar-refractivity contribution in [3.05, 3.63) is 29.6 Å². The van der Waals surface area contributed by atoms with Gasteiger partial charge in [0.1, 0.15) is 12.7 Å². The van der Waals surface area contributed by atoms with Crippen LogP contribution in [0.1, 0.15) is 27.7 Å². The summed E-state index contributed by atoms with van der Waals surface area (Å²) in [6.45, 7) is 8.99. The molecule has 3 atom stereocenters. The van der Waals surface area contributed by atoms with Crippen LogP contribution >= 0.6 is 0 Å². The van der Waals surface area contributed by atoms with E-state index in [4.69, 9.17) is 23.7 Å². The van der Waals surface area contributed by atoms with E-state index in [0.717, 1.165) is 0 Å². The van der Waals surface area contributed by atoms with Crippen molar-refractivity contribution >= 4 is 12.1 Å². The summed E-state index contributed by atoms with van der Waals surface area (Å²) < 4.78 is 27.6. The van der Waals surface area contributed by atoms with Crippen LogP contribution in [0, 0.1) is 5.92 Å². The van der Waals surface area contributed by atoms with Crippen LogP contribution in [0.2, 0.25) is 0 Å². The Morgan fingerprint density at radius 3 is 2.45 bits per heavy atom. The number of para-hydroxylation sites is 2. The molecule has 1 aromatic carbocycles. The zero-order chi connectivity index (χ0) is 22.8. The molecule has 9 nitrogen and oxygen atoms in total. The van der Waals surface area contributed by atoms with Crippen molar-refractivity contribution < 1.29 is 33.3 Å². The summed E-state index contributed by atoms with van der Waals surface area (Å²) in [5.41, 5.74) is 0. The Labute approximate surface area is 183 Å². The topological polar surface area (TPSA) is 97.6 Å². The second-order valence-corrected chi connectivity index (χ2v) is 7.46. The van der Waals surface area contributed by atoms with Gasteiger partial charge in [-0.1, -0.05) is 31.9 Å². The Bertz CT molecular complexity index is 713. The average molecular weight is 438 g/mol. The van der Waals surface area contributed by atoms with Gasteiger partial charge in [0.05, 0.1) is 19.8 Å². The predicted molar refractivity (Wildman–Crippen MR) is 114 cm³/mol. The number of ether oxygens (including phenoxy) is 5. The highest BCUT2D eigenvalue weighted by molar-refractivity contribution is 5.79. The van der Waals surface area contributed by atoms with Gasteiger partial charge in [0.25, 0.3) is 5.97 Å².